The Morgan fingerprint density at radius 2 is 1.80 bits per heavy atom. The first-order valence-electron chi connectivity index (χ1n) is 9.44. The minimum absolute atomic E-state index is 0.358. The molecule has 1 heterocycles. The normalized spacial score (nSPS) is 11.4. The Morgan fingerprint density at radius 3 is 2.50 bits per heavy atom. The van der Waals surface area contributed by atoms with Crippen molar-refractivity contribution in [2.45, 2.75) is 26.3 Å². The van der Waals surface area contributed by atoms with E-state index in [2.05, 4.69) is 26.1 Å². The molecule has 1 aromatic heterocycles. The van der Waals surface area contributed by atoms with Crippen molar-refractivity contribution in [1.29, 1.82) is 0 Å². The SMILES string of the molecule is CCc1ccccc1NC(=O)NC(C)C(=O)Nc1nnc(-c2ccc(OC)cc2)s1. The molecule has 0 aliphatic heterocycles. The molecule has 30 heavy (non-hydrogen) atoms. The van der Waals surface area contributed by atoms with Gasteiger partial charge in [-0.05, 0) is 49.2 Å². The number of urea groups is 1. The van der Waals surface area contributed by atoms with Gasteiger partial charge in [0.25, 0.3) is 0 Å². The van der Waals surface area contributed by atoms with Crippen LogP contribution < -0.4 is 20.7 Å². The van der Waals surface area contributed by atoms with E-state index in [1.807, 2.05) is 55.5 Å². The van der Waals surface area contributed by atoms with Crippen molar-refractivity contribution in [3.8, 4) is 16.3 Å². The summed E-state index contributed by atoms with van der Waals surface area (Å²) in [6.45, 7) is 3.61. The van der Waals surface area contributed by atoms with Crippen molar-refractivity contribution in [3.05, 3.63) is 54.1 Å². The molecule has 3 N–H and O–H groups in total. The standard InChI is InChI=1S/C21H23N5O3S/c1-4-14-7-5-6-8-17(14)23-20(28)22-13(2)18(27)24-21-26-25-19(30-21)15-9-11-16(29-3)12-10-15/h5-13H,4H2,1-3H3,(H2,22,23,28)(H,24,26,27). The van der Waals surface area contributed by atoms with Gasteiger partial charge in [0.05, 0.1) is 7.11 Å². The van der Waals surface area contributed by atoms with Crippen molar-refractivity contribution >= 4 is 34.1 Å². The van der Waals surface area contributed by atoms with Crippen LogP contribution in [0.25, 0.3) is 10.6 Å². The minimum Gasteiger partial charge on any atom is -0.497 e. The molecule has 0 saturated carbocycles. The van der Waals surface area contributed by atoms with Crippen molar-refractivity contribution in [2.75, 3.05) is 17.7 Å². The lowest BCUT2D eigenvalue weighted by Gasteiger charge is -2.15. The van der Waals surface area contributed by atoms with E-state index in [1.165, 1.54) is 11.3 Å². The molecule has 156 valence electrons. The smallest absolute Gasteiger partial charge is 0.319 e. The number of para-hydroxylation sites is 1. The number of rotatable bonds is 7. The lowest BCUT2D eigenvalue weighted by atomic mass is 10.1. The summed E-state index contributed by atoms with van der Waals surface area (Å²) >= 11 is 1.25. The number of amides is 3. The van der Waals surface area contributed by atoms with E-state index in [-0.39, 0.29) is 5.91 Å². The fourth-order valence-corrected chi connectivity index (χ4v) is 3.46. The number of ether oxygens (including phenoxy) is 1. The number of methoxy groups -OCH3 is 1. The molecule has 8 nitrogen and oxygen atoms in total. The van der Waals surface area contributed by atoms with Crippen LogP contribution in [0.2, 0.25) is 0 Å². The van der Waals surface area contributed by atoms with Crippen molar-refractivity contribution < 1.29 is 14.3 Å². The highest BCUT2D eigenvalue weighted by atomic mass is 32.1. The van der Waals surface area contributed by atoms with Gasteiger partial charge in [-0.15, -0.1) is 10.2 Å². The van der Waals surface area contributed by atoms with Crippen LogP contribution in [-0.4, -0.2) is 35.3 Å². The molecule has 0 fully saturated rings. The van der Waals surface area contributed by atoms with E-state index in [4.69, 9.17) is 4.74 Å². The number of hydrogen-bond acceptors (Lipinski definition) is 6. The summed E-state index contributed by atoms with van der Waals surface area (Å²) in [5.41, 5.74) is 2.61. The van der Waals surface area contributed by atoms with Crippen molar-refractivity contribution in [1.82, 2.24) is 15.5 Å². The fourth-order valence-electron chi connectivity index (χ4n) is 2.71. The molecule has 0 radical (unpaired) electrons. The Kier molecular flexibility index (Phi) is 6.97. The number of benzene rings is 2. The summed E-state index contributed by atoms with van der Waals surface area (Å²) in [4.78, 5) is 24.7. The molecule has 1 unspecified atom stereocenters. The number of carbonyl (C=O) groups is 2. The second-order valence-corrected chi connectivity index (χ2v) is 7.44. The summed E-state index contributed by atoms with van der Waals surface area (Å²) in [6.07, 6.45) is 0.792. The van der Waals surface area contributed by atoms with E-state index in [1.54, 1.807) is 14.0 Å². The van der Waals surface area contributed by atoms with Crippen LogP contribution in [0.3, 0.4) is 0 Å². The average molecular weight is 426 g/mol. The lowest BCUT2D eigenvalue weighted by Crippen LogP contribution is -2.43. The van der Waals surface area contributed by atoms with Gasteiger partial charge < -0.3 is 15.4 Å². The van der Waals surface area contributed by atoms with Crippen LogP contribution in [0.15, 0.2) is 48.5 Å². The van der Waals surface area contributed by atoms with E-state index >= 15 is 0 Å². The molecule has 3 amide bonds. The van der Waals surface area contributed by atoms with Crippen molar-refractivity contribution in [2.24, 2.45) is 0 Å². The van der Waals surface area contributed by atoms with Crippen LogP contribution in [-0.2, 0) is 11.2 Å². The molecule has 0 bridgehead atoms. The number of aryl methyl sites for hydroxylation is 1. The van der Waals surface area contributed by atoms with Crippen LogP contribution in [0, 0.1) is 0 Å². The van der Waals surface area contributed by atoms with E-state index < -0.39 is 12.1 Å². The molecular formula is C21H23N5O3S. The van der Waals surface area contributed by atoms with Gasteiger partial charge in [-0.2, -0.15) is 0 Å². The zero-order valence-corrected chi connectivity index (χ0v) is 17.7. The summed E-state index contributed by atoms with van der Waals surface area (Å²) in [6, 6.07) is 13.7. The molecule has 0 saturated heterocycles. The maximum Gasteiger partial charge on any atom is 0.319 e. The zero-order chi connectivity index (χ0) is 21.5. The van der Waals surface area contributed by atoms with Crippen molar-refractivity contribution in [3.63, 3.8) is 0 Å². The number of carbonyl (C=O) groups excluding carboxylic acids is 2. The van der Waals surface area contributed by atoms with Crippen LogP contribution >= 0.6 is 11.3 Å². The summed E-state index contributed by atoms with van der Waals surface area (Å²) in [7, 11) is 1.60. The lowest BCUT2D eigenvalue weighted by molar-refractivity contribution is -0.117. The van der Waals surface area contributed by atoms with Crippen LogP contribution in [0.5, 0.6) is 5.75 Å². The highest BCUT2D eigenvalue weighted by Gasteiger charge is 2.18. The fraction of sp³-hybridized carbons (Fsp3) is 0.238. The molecular weight excluding hydrogens is 402 g/mol. The monoisotopic (exact) mass is 425 g/mol. The van der Waals surface area contributed by atoms with Gasteiger partial charge in [-0.3, -0.25) is 10.1 Å². The Labute approximate surface area is 178 Å². The summed E-state index contributed by atoms with van der Waals surface area (Å²) < 4.78 is 5.14. The van der Waals surface area contributed by atoms with Gasteiger partial charge in [0, 0.05) is 11.3 Å². The van der Waals surface area contributed by atoms with Gasteiger partial charge >= 0.3 is 6.03 Å². The quantitative estimate of drug-likeness (QED) is 0.532. The number of nitrogens with one attached hydrogen (secondary N) is 3. The predicted octanol–water partition coefficient (Wildman–Crippen LogP) is 3.92. The van der Waals surface area contributed by atoms with Gasteiger partial charge in [-0.25, -0.2) is 4.79 Å². The van der Waals surface area contributed by atoms with Gasteiger partial charge in [-0.1, -0.05) is 36.5 Å². The third-order valence-electron chi connectivity index (χ3n) is 4.38. The first kappa shape index (κ1) is 21.3. The van der Waals surface area contributed by atoms with E-state index in [9.17, 15) is 9.59 Å². The second-order valence-electron chi connectivity index (χ2n) is 6.46. The Balaban J connectivity index is 1.56. The van der Waals surface area contributed by atoms with E-state index in [0.29, 0.717) is 10.1 Å². The van der Waals surface area contributed by atoms with Crippen LogP contribution in [0.1, 0.15) is 19.4 Å². The molecule has 3 aromatic rings. The number of aromatic nitrogens is 2. The molecule has 2 aromatic carbocycles. The van der Waals surface area contributed by atoms with Crippen LogP contribution in [0.4, 0.5) is 15.6 Å². The summed E-state index contributed by atoms with van der Waals surface area (Å²) in [5.74, 6) is 0.364. The molecule has 0 spiro atoms. The Bertz CT molecular complexity index is 1020. The first-order valence-corrected chi connectivity index (χ1v) is 10.3. The maximum atomic E-state index is 12.4. The minimum atomic E-state index is -0.757. The highest BCUT2D eigenvalue weighted by Crippen LogP contribution is 2.27. The highest BCUT2D eigenvalue weighted by molar-refractivity contribution is 7.18. The molecule has 0 aliphatic carbocycles. The molecule has 0 aliphatic rings. The van der Waals surface area contributed by atoms with E-state index in [0.717, 1.165) is 29.0 Å². The largest absolute Gasteiger partial charge is 0.497 e. The number of nitrogens with zero attached hydrogens (tertiary/aromatic N) is 2. The average Bonchev–Trinajstić information content (AvgIpc) is 3.22. The number of hydrogen-bond donors (Lipinski definition) is 3. The second kappa shape index (κ2) is 9.84. The third kappa shape index (κ3) is 5.32. The molecule has 1 atom stereocenters. The predicted molar refractivity (Wildman–Crippen MR) is 118 cm³/mol. The van der Waals surface area contributed by atoms with Gasteiger partial charge in [0.1, 0.15) is 16.8 Å². The summed E-state index contributed by atoms with van der Waals surface area (Å²) in [5, 5.41) is 17.2. The molecule has 9 heteroatoms. The van der Waals surface area contributed by atoms with Gasteiger partial charge in [0.2, 0.25) is 11.0 Å². The number of anilines is 2. The first-order chi connectivity index (χ1) is 14.5. The maximum absolute atomic E-state index is 12.4. The topological polar surface area (TPSA) is 105 Å². The zero-order valence-electron chi connectivity index (χ0n) is 16.9. The molecule has 3 rings (SSSR count). The third-order valence-corrected chi connectivity index (χ3v) is 5.27. The Hall–Kier alpha value is -3.46. The Morgan fingerprint density at radius 1 is 1.07 bits per heavy atom. The van der Waals surface area contributed by atoms with Gasteiger partial charge in [0.15, 0.2) is 0 Å².